The Hall–Kier alpha value is -2.89. The number of ketones is 1. The lowest BCUT2D eigenvalue weighted by atomic mass is 9.98. The van der Waals surface area contributed by atoms with Crippen LogP contribution in [0.1, 0.15) is 42.1 Å². The Labute approximate surface area is 196 Å². The van der Waals surface area contributed by atoms with Gasteiger partial charge in [-0.25, -0.2) is 4.98 Å². The molecule has 6 heteroatoms. The Kier molecular flexibility index (Phi) is 6.77. The van der Waals surface area contributed by atoms with Crippen molar-refractivity contribution in [1.29, 1.82) is 0 Å². The number of thioether (sulfide) groups is 1. The van der Waals surface area contributed by atoms with E-state index in [-0.39, 0.29) is 17.1 Å². The number of halogens is 1. The molecule has 4 aromatic rings. The third kappa shape index (κ3) is 4.64. The van der Waals surface area contributed by atoms with Gasteiger partial charge in [-0.2, -0.15) is 0 Å². The molecular formula is C26H23ClN2O2S. The summed E-state index contributed by atoms with van der Waals surface area (Å²) in [5.74, 6) is 0.595. The largest absolute Gasteiger partial charge is 0.293 e. The van der Waals surface area contributed by atoms with Gasteiger partial charge in [0.25, 0.3) is 5.56 Å². The summed E-state index contributed by atoms with van der Waals surface area (Å²) in [5, 5.41) is 1.46. The Morgan fingerprint density at radius 3 is 2.47 bits per heavy atom. The Morgan fingerprint density at radius 1 is 1.06 bits per heavy atom. The monoisotopic (exact) mass is 462 g/mol. The number of fused-ring (bicyclic) bond motifs is 1. The highest BCUT2D eigenvalue weighted by Gasteiger charge is 2.16. The molecule has 0 aliphatic carbocycles. The highest BCUT2D eigenvalue weighted by atomic mass is 35.5. The normalized spacial score (nSPS) is 12.1. The quantitative estimate of drug-likeness (QED) is 0.178. The van der Waals surface area contributed by atoms with Crippen molar-refractivity contribution in [3.63, 3.8) is 0 Å². The third-order valence-corrected chi connectivity index (χ3v) is 6.74. The van der Waals surface area contributed by atoms with E-state index in [0.717, 1.165) is 12.1 Å². The average Bonchev–Trinajstić information content (AvgIpc) is 2.82. The van der Waals surface area contributed by atoms with Crippen LogP contribution in [0.2, 0.25) is 5.02 Å². The number of benzene rings is 3. The molecule has 4 nitrogen and oxygen atoms in total. The lowest BCUT2D eigenvalue weighted by Crippen LogP contribution is -2.22. The average molecular weight is 463 g/mol. The van der Waals surface area contributed by atoms with Crippen LogP contribution in [0.4, 0.5) is 0 Å². The second-order valence-electron chi connectivity index (χ2n) is 7.68. The summed E-state index contributed by atoms with van der Waals surface area (Å²) in [4.78, 5) is 30.8. The van der Waals surface area contributed by atoms with Gasteiger partial charge >= 0.3 is 0 Å². The van der Waals surface area contributed by atoms with Crippen molar-refractivity contribution in [2.45, 2.75) is 31.3 Å². The summed E-state index contributed by atoms with van der Waals surface area (Å²) >= 11 is 7.39. The van der Waals surface area contributed by atoms with E-state index < -0.39 is 0 Å². The molecule has 0 bridgehead atoms. The fourth-order valence-electron chi connectivity index (χ4n) is 3.49. The van der Waals surface area contributed by atoms with Crippen LogP contribution in [0.5, 0.6) is 0 Å². The predicted octanol–water partition coefficient (Wildman–Crippen LogP) is 6.53. The van der Waals surface area contributed by atoms with Crippen molar-refractivity contribution in [2.75, 3.05) is 5.75 Å². The number of hydrogen-bond acceptors (Lipinski definition) is 4. The molecule has 32 heavy (non-hydrogen) atoms. The molecule has 3 aromatic carbocycles. The van der Waals surface area contributed by atoms with Crippen molar-refractivity contribution in [2.24, 2.45) is 0 Å². The number of Topliss-reactive ketones (excluding diaryl/α,β-unsaturated/α-hetero) is 1. The topological polar surface area (TPSA) is 52.0 Å². The van der Waals surface area contributed by atoms with Gasteiger partial charge < -0.3 is 0 Å². The van der Waals surface area contributed by atoms with E-state index in [1.165, 1.54) is 17.3 Å². The van der Waals surface area contributed by atoms with Gasteiger partial charge in [-0.1, -0.05) is 79.7 Å². The smallest absolute Gasteiger partial charge is 0.266 e. The van der Waals surface area contributed by atoms with Crippen LogP contribution < -0.4 is 5.56 Å². The molecule has 0 saturated heterocycles. The van der Waals surface area contributed by atoms with E-state index in [9.17, 15) is 9.59 Å². The van der Waals surface area contributed by atoms with Gasteiger partial charge in [-0.3, -0.25) is 14.2 Å². The molecule has 162 valence electrons. The first-order valence-electron chi connectivity index (χ1n) is 10.5. The van der Waals surface area contributed by atoms with Crippen molar-refractivity contribution in [3.05, 3.63) is 99.3 Å². The summed E-state index contributed by atoms with van der Waals surface area (Å²) in [7, 11) is 0. The molecule has 1 atom stereocenters. The van der Waals surface area contributed by atoms with Crippen molar-refractivity contribution >= 4 is 40.0 Å². The summed E-state index contributed by atoms with van der Waals surface area (Å²) in [6.45, 7) is 4.33. The lowest BCUT2D eigenvalue weighted by Gasteiger charge is -2.15. The molecule has 0 aliphatic heterocycles. The van der Waals surface area contributed by atoms with E-state index in [1.54, 1.807) is 34.9 Å². The molecule has 0 spiro atoms. The van der Waals surface area contributed by atoms with Crippen LogP contribution in [0, 0.1) is 0 Å². The highest BCUT2D eigenvalue weighted by Crippen LogP contribution is 2.25. The Bertz CT molecular complexity index is 1320. The molecule has 0 aliphatic rings. The zero-order chi connectivity index (χ0) is 22.7. The predicted molar refractivity (Wildman–Crippen MR) is 133 cm³/mol. The Morgan fingerprint density at radius 2 is 1.78 bits per heavy atom. The molecule has 0 saturated carbocycles. The maximum absolute atomic E-state index is 13.4. The summed E-state index contributed by atoms with van der Waals surface area (Å²) in [6.07, 6.45) is 1.04. The number of hydrogen-bond donors (Lipinski definition) is 0. The van der Waals surface area contributed by atoms with Crippen LogP contribution >= 0.6 is 23.4 Å². The SMILES string of the molecule is CCC(C)c1ccc(-n2c(SCC(=O)c3ccccc3)nc3cc(Cl)ccc3c2=O)cc1. The zero-order valence-electron chi connectivity index (χ0n) is 17.9. The standard InChI is InChI=1S/C26H23ClN2O2S/c1-3-17(2)18-9-12-21(13-10-18)29-25(31)22-14-11-20(27)15-23(22)28-26(29)32-16-24(30)19-7-5-4-6-8-19/h4-15,17H,3,16H2,1-2H3. The molecular weight excluding hydrogens is 440 g/mol. The minimum Gasteiger partial charge on any atom is -0.293 e. The first-order valence-corrected chi connectivity index (χ1v) is 11.9. The van der Waals surface area contributed by atoms with Crippen LogP contribution in [0.3, 0.4) is 0 Å². The summed E-state index contributed by atoms with van der Waals surface area (Å²) < 4.78 is 1.58. The maximum Gasteiger partial charge on any atom is 0.266 e. The van der Waals surface area contributed by atoms with Gasteiger partial charge in [0.15, 0.2) is 10.9 Å². The van der Waals surface area contributed by atoms with Crippen LogP contribution in [-0.4, -0.2) is 21.1 Å². The highest BCUT2D eigenvalue weighted by molar-refractivity contribution is 7.99. The fraction of sp³-hybridized carbons (Fsp3) is 0.192. The summed E-state index contributed by atoms with van der Waals surface area (Å²) in [6, 6.07) is 22.2. The Balaban J connectivity index is 1.77. The third-order valence-electron chi connectivity index (χ3n) is 5.56. The fourth-order valence-corrected chi connectivity index (χ4v) is 4.56. The molecule has 1 heterocycles. The molecule has 1 unspecified atom stereocenters. The number of nitrogens with zero attached hydrogens (tertiary/aromatic N) is 2. The van der Waals surface area contributed by atoms with Gasteiger partial charge in [-0.15, -0.1) is 0 Å². The number of rotatable bonds is 7. The zero-order valence-corrected chi connectivity index (χ0v) is 19.5. The molecule has 0 radical (unpaired) electrons. The number of carbonyl (C=O) groups excluding carboxylic acids is 1. The number of carbonyl (C=O) groups is 1. The molecule has 0 fully saturated rings. The molecule has 4 rings (SSSR count). The second kappa shape index (κ2) is 9.72. The van der Waals surface area contributed by atoms with Gasteiger partial charge in [-0.05, 0) is 48.2 Å². The first kappa shape index (κ1) is 22.3. The van der Waals surface area contributed by atoms with Gasteiger partial charge in [0.05, 0.1) is 22.3 Å². The van der Waals surface area contributed by atoms with Crippen LogP contribution in [0.15, 0.2) is 82.7 Å². The van der Waals surface area contributed by atoms with E-state index in [0.29, 0.717) is 32.6 Å². The molecule has 0 amide bonds. The van der Waals surface area contributed by atoms with Crippen LogP contribution in [0.25, 0.3) is 16.6 Å². The van der Waals surface area contributed by atoms with Crippen LogP contribution in [-0.2, 0) is 0 Å². The van der Waals surface area contributed by atoms with E-state index in [2.05, 4.69) is 13.8 Å². The van der Waals surface area contributed by atoms with Gasteiger partial charge in [0.2, 0.25) is 0 Å². The lowest BCUT2D eigenvalue weighted by molar-refractivity contribution is 0.102. The van der Waals surface area contributed by atoms with Crippen molar-refractivity contribution in [1.82, 2.24) is 9.55 Å². The molecule has 1 aromatic heterocycles. The summed E-state index contributed by atoms with van der Waals surface area (Å²) in [5.41, 5.74) is 2.91. The van der Waals surface area contributed by atoms with Crippen molar-refractivity contribution in [3.8, 4) is 5.69 Å². The second-order valence-corrected chi connectivity index (χ2v) is 9.05. The minimum atomic E-state index is -0.183. The number of aromatic nitrogens is 2. The first-order chi connectivity index (χ1) is 15.5. The van der Waals surface area contributed by atoms with E-state index in [1.807, 2.05) is 42.5 Å². The van der Waals surface area contributed by atoms with Gasteiger partial charge in [0, 0.05) is 10.6 Å². The van der Waals surface area contributed by atoms with Gasteiger partial charge in [0.1, 0.15) is 0 Å². The maximum atomic E-state index is 13.4. The molecule has 0 N–H and O–H groups in total. The van der Waals surface area contributed by atoms with Crippen molar-refractivity contribution < 1.29 is 4.79 Å². The van der Waals surface area contributed by atoms with E-state index in [4.69, 9.17) is 16.6 Å². The van der Waals surface area contributed by atoms with E-state index >= 15 is 0 Å². The minimum absolute atomic E-state index is 0.0188.